The Morgan fingerprint density at radius 1 is 0.321 bits per heavy atom. The van der Waals surface area contributed by atoms with Crippen molar-refractivity contribution in [2.24, 2.45) is 65.8 Å². The largest absolute Gasteiger partial charge is 0.480 e. The van der Waals surface area contributed by atoms with Gasteiger partial charge in [-0.15, -0.1) is 0 Å². The molecule has 0 bridgehead atoms. The summed E-state index contributed by atoms with van der Waals surface area (Å²) < 4.78 is 55.5. The molecule has 0 heterocycles. The number of hydrogen-bond acceptors (Lipinski definition) is 22. The molecule has 0 aliphatic carbocycles. The number of amides is 4. The number of aliphatic imine (C=N–C) groups is 4. The number of rotatable bonds is 49. The second-order valence-electron chi connectivity index (χ2n) is 15.4. The summed E-state index contributed by atoms with van der Waals surface area (Å²) in [6.45, 7) is -5.03. The fourth-order valence-corrected chi connectivity index (χ4v) is 5.18. The Labute approximate surface area is 445 Å². The van der Waals surface area contributed by atoms with Crippen LogP contribution in [0.1, 0.15) is 0 Å². The quantitative estimate of drug-likeness (QED) is 0.0153. The van der Waals surface area contributed by atoms with Gasteiger partial charge in [-0.2, -0.15) is 0 Å². The Kier molecular flexibility index (Phi) is 39.3. The molecule has 0 spiro atoms. The number of ether oxygens (including phenoxy) is 10. The third-order valence-corrected chi connectivity index (χ3v) is 8.79. The van der Waals surface area contributed by atoms with E-state index in [0.717, 1.165) is 0 Å². The van der Waals surface area contributed by atoms with E-state index in [9.17, 15) is 58.8 Å². The third kappa shape index (κ3) is 40.7. The standard InChI is InChI=1S/C40H74N16O22/c41-37(42)49-11-25(33(61)62)53-29(57)19-73-5-1-69-15-23(16-70-2-6-74-20-30(58)54-26(34(63)64)12-50-38(43)44)77-9-10-78-24(17-71-3-7-75-21-31(59)55-27(35(65)66)13-51-39(45)46)18-72-4-8-76-22-32(60)56-28(36(67)68)14-52-40(47)48/h23-28H,1-22H2,(H,53,57)(H,54,58)(H,55,59)(H,56,60)(H,61,62)(H,63,64)(H,65,66)(H,67,68)(H4,41,42,49)(H4,43,44,50)(H4,45,46,51)(H4,47,48,52). The van der Waals surface area contributed by atoms with E-state index in [1.807, 2.05) is 0 Å². The summed E-state index contributed by atoms with van der Waals surface area (Å²) in [7, 11) is 0. The minimum Gasteiger partial charge on any atom is -0.480 e. The molecule has 0 aromatic carbocycles. The summed E-state index contributed by atoms with van der Waals surface area (Å²) in [6, 6.07) is -5.65. The van der Waals surface area contributed by atoms with E-state index < -0.39 is 136 Å². The SMILES string of the molecule is NC(N)=NCC(NC(=O)COCCOCC(COCCOCC(=O)NC(CN=C(N)N)C(=O)O)OCCOC(COCCOCC(=O)NC(CN=C(N)N)C(=O)O)COCCOCC(=O)NC(CN=C(N)N)C(=O)O)C(=O)O. The van der Waals surface area contributed by atoms with E-state index in [-0.39, 0.29) is 116 Å². The van der Waals surface area contributed by atoms with Gasteiger partial charge in [0.1, 0.15) is 62.8 Å². The van der Waals surface area contributed by atoms with Crippen molar-refractivity contribution in [3.8, 4) is 0 Å². The monoisotopic (exact) mass is 1130 g/mol. The molecule has 0 rings (SSSR count). The van der Waals surface area contributed by atoms with Crippen LogP contribution in [0.2, 0.25) is 0 Å². The van der Waals surface area contributed by atoms with Gasteiger partial charge >= 0.3 is 23.9 Å². The Morgan fingerprint density at radius 2 is 0.513 bits per heavy atom. The molecule has 0 saturated carbocycles. The predicted octanol–water partition coefficient (Wildman–Crippen LogP) is -10.7. The molecule has 0 fully saturated rings. The average molecular weight is 1130 g/mol. The molecule has 446 valence electrons. The number of guanidine groups is 4. The number of carbonyl (C=O) groups is 8. The van der Waals surface area contributed by atoms with Gasteiger partial charge < -0.3 is 135 Å². The van der Waals surface area contributed by atoms with Crippen molar-refractivity contribution in [2.45, 2.75) is 36.4 Å². The smallest absolute Gasteiger partial charge is 0.328 e. The molecular weight excluding hydrogens is 1060 g/mol. The summed E-state index contributed by atoms with van der Waals surface area (Å²) in [6.07, 6.45) is -1.55. The topological polar surface area (TPSA) is 616 Å². The van der Waals surface area contributed by atoms with Crippen LogP contribution >= 0.6 is 0 Å². The maximum atomic E-state index is 12.2. The molecule has 24 N–H and O–H groups in total. The first-order chi connectivity index (χ1) is 37.0. The van der Waals surface area contributed by atoms with Crippen molar-refractivity contribution in [3.05, 3.63) is 0 Å². The van der Waals surface area contributed by atoms with Crippen LogP contribution in [0.15, 0.2) is 20.0 Å². The van der Waals surface area contributed by atoms with Crippen molar-refractivity contribution < 1.29 is 106 Å². The van der Waals surface area contributed by atoms with Crippen molar-refractivity contribution in [3.63, 3.8) is 0 Å². The van der Waals surface area contributed by atoms with Gasteiger partial charge in [0.15, 0.2) is 23.8 Å². The Bertz CT molecular complexity index is 1670. The molecule has 0 aliphatic heterocycles. The van der Waals surface area contributed by atoms with Crippen molar-refractivity contribution in [1.82, 2.24) is 21.3 Å². The number of carboxylic acid groups (broad SMARTS) is 4. The van der Waals surface area contributed by atoms with Crippen LogP contribution < -0.4 is 67.1 Å². The van der Waals surface area contributed by atoms with Crippen molar-refractivity contribution in [2.75, 3.05) is 145 Å². The summed E-state index contributed by atoms with van der Waals surface area (Å²) in [5.41, 5.74) is 41.8. The zero-order valence-corrected chi connectivity index (χ0v) is 42.6. The first kappa shape index (κ1) is 70.4. The molecule has 38 nitrogen and oxygen atoms in total. The van der Waals surface area contributed by atoms with Gasteiger partial charge in [-0.05, 0) is 0 Å². The summed E-state index contributed by atoms with van der Waals surface area (Å²) in [4.78, 5) is 109. The molecule has 0 radical (unpaired) electrons. The lowest BCUT2D eigenvalue weighted by Gasteiger charge is -2.21. The molecule has 0 aromatic heterocycles. The fraction of sp³-hybridized carbons (Fsp3) is 0.700. The van der Waals surface area contributed by atoms with Gasteiger partial charge in [-0.25, -0.2) is 19.2 Å². The lowest BCUT2D eigenvalue weighted by atomic mass is 10.3. The third-order valence-electron chi connectivity index (χ3n) is 8.79. The minimum atomic E-state index is -1.41. The number of carbonyl (C=O) groups excluding carboxylic acids is 4. The number of hydrogen-bond donors (Lipinski definition) is 16. The first-order valence-electron chi connectivity index (χ1n) is 23.2. The van der Waals surface area contributed by atoms with Gasteiger partial charge in [0, 0.05) is 0 Å². The van der Waals surface area contributed by atoms with E-state index >= 15 is 0 Å². The zero-order valence-electron chi connectivity index (χ0n) is 42.6. The van der Waals surface area contributed by atoms with Gasteiger partial charge in [0.2, 0.25) is 23.6 Å². The van der Waals surface area contributed by atoms with Gasteiger partial charge in [0.25, 0.3) is 0 Å². The van der Waals surface area contributed by atoms with Gasteiger partial charge in [-0.3, -0.25) is 39.1 Å². The minimum absolute atomic E-state index is 0.0666. The predicted molar refractivity (Wildman–Crippen MR) is 267 cm³/mol. The van der Waals surface area contributed by atoms with Crippen LogP contribution in [0.4, 0.5) is 0 Å². The van der Waals surface area contributed by atoms with Crippen LogP contribution in [0.25, 0.3) is 0 Å². The van der Waals surface area contributed by atoms with Crippen molar-refractivity contribution in [1.29, 1.82) is 0 Å². The van der Waals surface area contributed by atoms with E-state index in [4.69, 9.17) is 93.2 Å². The van der Waals surface area contributed by atoms with E-state index in [2.05, 4.69) is 41.2 Å². The fourth-order valence-electron chi connectivity index (χ4n) is 5.18. The Hall–Kier alpha value is -7.56. The summed E-state index contributed by atoms with van der Waals surface area (Å²) in [5.74, 6) is -10.1. The number of aliphatic carboxylic acids is 4. The molecule has 38 heteroatoms. The normalized spacial score (nSPS) is 13.2. The highest BCUT2D eigenvalue weighted by molar-refractivity contribution is 5.87. The molecule has 0 aliphatic rings. The average Bonchev–Trinajstić information content (AvgIpc) is 3.35. The highest BCUT2D eigenvalue weighted by Crippen LogP contribution is 2.02. The number of carboxylic acids is 4. The van der Waals surface area contributed by atoms with E-state index in [1.165, 1.54) is 0 Å². The number of nitrogens with zero attached hydrogens (tertiary/aromatic N) is 4. The molecule has 0 aromatic rings. The van der Waals surface area contributed by atoms with E-state index in [0.29, 0.717) is 0 Å². The lowest BCUT2D eigenvalue weighted by molar-refractivity contribution is -0.142. The highest BCUT2D eigenvalue weighted by Gasteiger charge is 2.23. The van der Waals surface area contributed by atoms with Crippen molar-refractivity contribution >= 4 is 71.3 Å². The first-order valence-corrected chi connectivity index (χ1v) is 23.2. The van der Waals surface area contributed by atoms with Crippen LogP contribution in [0.5, 0.6) is 0 Å². The van der Waals surface area contributed by atoms with Crippen LogP contribution in [0, 0.1) is 0 Å². The lowest BCUT2D eigenvalue weighted by Crippen LogP contribution is -2.45. The molecule has 4 atom stereocenters. The molecule has 4 unspecified atom stereocenters. The maximum Gasteiger partial charge on any atom is 0.328 e. The van der Waals surface area contributed by atoms with Crippen LogP contribution in [0.3, 0.4) is 0 Å². The Morgan fingerprint density at radius 3 is 0.692 bits per heavy atom. The van der Waals surface area contributed by atoms with E-state index in [1.54, 1.807) is 0 Å². The van der Waals surface area contributed by atoms with Crippen LogP contribution in [-0.2, 0) is 85.7 Å². The summed E-state index contributed by atoms with van der Waals surface area (Å²) in [5, 5.41) is 46.1. The molecular formula is C40H74N16O22. The number of nitrogens with one attached hydrogen (secondary N) is 4. The van der Waals surface area contributed by atoms with Crippen LogP contribution in [-0.4, -0.2) is 273 Å². The molecule has 4 amide bonds. The zero-order chi connectivity index (χ0) is 58.7. The van der Waals surface area contributed by atoms with Gasteiger partial charge in [-0.1, -0.05) is 0 Å². The molecule has 0 saturated heterocycles. The second kappa shape index (κ2) is 43.5. The molecule has 78 heavy (non-hydrogen) atoms. The summed E-state index contributed by atoms with van der Waals surface area (Å²) >= 11 is 0. The maximum absolute atomic E-state index is 12.2. The highest BCUT2D eigenvalue weighted by atomic mass is 16.6. The number of nitrogens with two attached hydrogens (primary N) is 8. The second-order valence-corrected chi connectivity index (χ2v) is 15.4. The Balaban J connectivity index is 5.54. The van der Waals surface area contributed by atoms with Gasteiger partial charge in [0.05, 0.1) is 119 Å².